The van der Waals surface area contributed by atoms with E-state index in [-0.39, 0.29) is 17.3 Å². The third kappa shape index (κ3) is 3.27. The highest BCUT2D eigenvalue weighted by molar-refractivity contribution is 6.32. The standard InChI is InChI=1S/C9H7ClN4O2/c10-8-4-3-7(2-1-5-12-13-11)6-9(8)14(15)16/h1-4,6H,5H2. The Morgan fingerprint density at radius 3 is 3.00 bits per heavy atom. The van der Waals surface area contributed by atoms with Gasteiger partial charge in [-0.25, -0.2) is 0 Å². The van der Waals surface area contributed by atoms with Crippen LogP contribution in [0.25, 0.3) is 16.5 Å². The summed E-state index contributed by atoms with van der Waals surface area (Å²) in [7, 11) is 0. The predicted octanol–water partition coefficient (Wildman–Crippen LogP) is 3.57. The molecule has 0 N–H and O–H groups in total. The van der Waals surface area contributed by atoms with Crippen molar-refractivity contribution >= 4 is 23.4 Å². The molecular formula is C9H7ClN4O2. The minimum atomic E-state index is -0.549. The molecule has 0 aliphatic carbocycles. The summed E-state index contributed by atoms with van der Waals surface area (Å²) in [6.45, 7) is 0.201. The quantitative estimate of drug-likeness (QED) is 0.264. The van der Waals surface area contributed by atoms with Crippen molar-refractivity contribution in [1.82, 2.24) is 0 Å². The smallest absolute Gasteiger partial charge is 0.258 e. The molecule has 0 unspecified atom stereocenters. The zero-order chi connectivity index (χ0) is 12.0. The third-order valence-corrected chi connectivity index (χ3v) is 2.05. The fourth-order valence-corrected chi connectivity index (χ4v) is 1.23. The Labute approximate surface area is 95.9 Å². The van der Waals surface area contributed by atoms with Crippen molar-refractivity contribution in [3.8, 4) is 0 Å². The van der Waals surface area contributed by atoms with Gasteiger partial charge in [0.25, 0.3) is 5.69 Å². The molecule has 0 heterocycles. The van der Waals surface area contributed by atoms with Crippen LogP contribution in [0.2, 0.25) is 5.02 Å². The van der Waals surface area contributed by atoms with Crippen molar-refractivity contribution in [3.05, 3.63) is 55.4 Å². The summed E-state index contributed by atoms with van der Waals surface area (Å²) in [5.74, 6) is 0. The summed E-state index contributed by atoms with van der Waals surface area (Å²) in [5.41, 5.74) is 8.52. The lowest BCUT2D eigenvalue weighted by molar-refractivity contribution is -0.384. The van der Waals surface area contributed by atoms with E-state index in [9.17, 15) is 10.1 Å². The van der Waals surface area contributed by atoms with Crippen LogP contribution >= 0.6 is 11.6 Å². The average molecular weight is 239 g/mol. The second kappa shape index (κ2) is 5.75. The Bertz CT molecular complexity index is 480. The summed E-state index contributed by atoms with van der Waals surface area (Å²) in [6.07, 6.45) is 3.23. The Kier molecular flexibility index (Phi) is 4.32. The number of nitro groups is 1. The van der Waals surface area contributed by atoms with Crippen LogP contribution in [0.3, 0.4) is 0 Å². The van der Waals surface area contributed by atoms with Crippen LogP contribution in [0.4, 0.5) is 5.69 Å². The monoisotopic (exact) mass is 238 g/mol. The van der Waals surface area contributed by atoms with E-state index in [1.165, 1.54) is 12.1 Å². The first-order chi connectivity index (χ1) is 7.65. The molecule has 0 aliphatic rings. The summed E-state index contributed by atoms with van der Waals surface area (Å²) in [4.78, 5) is 12.6. The molecule has 0 amide bonds. The lowest BCUT2D eigenvalue weighted by Gasteiger charge is -1.96. The van der Waals surface area contributed by atoms with Crippen molar-refractivity contribution in [3.63, 3.8) is 0 Å². The highest BCUT2D eigenvalue weighted by atomic mass is 35.5. The molecule has 82 valence electrons. The highest BCUT2D eigenvalue weighted by Crippen LogP contribution is 2.25. The van der Waals surface area contributed by atoms with E-state index in [4.69, 9.17) is 17.1 Å². The number of hydrogen-bond acceptors (Lipinski definition) is 3. The Hall–Kier alpha value is -2.04. The van der Waals surface area contributed by atoms with Gasteiger partial charge in [0.15, 0.2) is 0 Å². The number of halogens is 1. The molecule has 0 fully saturated rings. The van der Waals surface area contributed by atoms with Crippen LogP contribution in [0.15, 0.2) is 29.4 Å². The summed E-state index contributed by atoms with van der Waals surface area (Å²) in [6, 6.07) is 4.45. The van der Waals surface area contributed by atoms with Crippen LogP contribution in [0.5, 0.6) is 0 Å². The van der Waals surface area contributed by atoms with Gasteiger partial charge in [-0.3, -0.25) is 10.1 Å². The van der Waals surface area contributed by atoms with Gasteiger partial charge >= 0.3 is 0 Å². The number of nitro benzene ring substituents is 1. The third-order valence-electron chi connectivity index (χ3n) is 1.73. The number of nitrogens with zero attached hydrogens (tertiary/aromatic N) is 4. The molecule has 1 rings (SSSR count). The minimum absolute atomic E-state index is 0.0946. The van der Waals surface area contributed by atoms with Crippen LogP contribution in [0.1, 0.15) is 5.56 Å². The molecular weight excluding hydrogens is 232 g/mol. The molecule has 0 saturated carbocycles. The van der Waals surface area contributed by atoms with E-state index >= 15 is 0 Å². The molecule has 0 bridgehead atoms. The van der Waals surface area contributed by atoms with Gasteiger partial charge in [-0.1, -0.05) is 34.9 Å². The van der Waals surface area contributed by atoms with Crippen molar-refractivity contribution in [2.75, 3.05) is 6.54 Å². The number of azide groups is 1. The number of rotatable bonds is 4. The molecule has 7 heteroatoms. The fraction of sp³-hybridized carbons (Fsp3) is 0.111. The number of hydrogen-bond donors (Lipinski definition) is 0. The van der Waals surface area contributed by atoms with E-state index < -0.39 is 4.92 Å². The topological polar surface area (TPSA) is 91.9 Å². The van der Waals surface area contributed by atoms with Crippen LogP contribution < -0.4 is 0 Å². The van der Waals surface area contributed by atoms with Gasteiger partial charge in [0, 0.05) is 17.5 Å². The molecule has 1 aromatic rings. The molecule has 0 aliphatic heterocycles. The second-order valence-corrected chi connectivity index (χ2v) is 3.19. The van der Waals surface area contributed by atoms with E-state index in [0.717, 1.165) is 0 Å². The summed E-state index contributed by atoms with van der Waals surface area (Å²) >= 11 is 5.64. The van der Waals surface area contributed by atoms with Crippen molar-refractivity contribution in [1.29, 1.82) is 0 Å². The maximum absolute atomic E-state index is 10.6. The van der Waals surface area contributed by atoms with Crippen molar-refractivity contribution < 1.29 is 4.92 Å². The molecule has 0 aromatic heterocycles. The lowest BCUT2D eigenvalue weighted by Crippen LogP contribution is -1.89. The fourth-order valence-electron chi connectivity index (χ4n) is 1.05. The molecule has 6 nitrogen and oxygen atoms in total. The summed E-state index contributed by atoms with van der Waals surface area (Å²) < 4.78 is 0. The van der Waals surface area contributed by atoms with Gasteiger partial charge < -0.3 is 0 Å². The molecule has 0 saturated heterocycles. The Morgan fingerprint density at radius 1 is 1.62 bits per heavy atom. The first kappa shape index (κ1) is 12.0. The normalized spacial score (nSPS) is 10.1. The van der Waals surface area contributed by atoms with Crippen molar-refractivity contribution in [2.45, 2.75) is 0 Å². The molecule has 0 atom stereocenters. The van der Waals surface area contributed by atoms with Gasteiger partial charge in [0.05, 0.1) is 4.92 Å². The first-order valence-electron chi connectivity index (χ1n) is 4.26. The molecule has 0 radical (unpaired) electrons. The zero-order valence-electron chi connectivity index (χ0n) is 8.08. The SMILES string of the molecule is [N-]=[N+]=NCC=Cc1ccc(Cl)c([N+](=O)[O-])c1. The molecule has 16 heavy (non-hydrogen) atoms. The van der Waals surface area contributed by atoms with E-state index in [2.05, 4.69) is 10.0 Å². The Morgan fingerprint density at radius 2 is 2.38 bits per heavy atom. The van der Waals surface area contributed by atoms with Crippen LogP contribution in [0, 0.1) is 10.1 Å². The second-order valence-electron chi connectivity index (χ2n) is 2.78. The van der Waals surface area contributed by atoms with Crippen LogP contribution in [-0.4, -0.2) is 11.5 Å². The van der Waals surface area contributed by atoms with Gasteiger partial charge in [0.1, 0.15) is 5.02 Å². The van der Waals surface area contributed by atoms with Gasteiger partial charge in [-0.2, -0.15) is 0 Å². The maximum Gasteiger partial charge on any atom is 0.288 e. The number of benzene rings is 1. The maximum atomic E-state index is 10.6. The predicted molar refractivity (Wildman–Crippen MR) is 61.2 cm³/mol. The zero-order valence-corrected chi connectivity index (χ0v) is 8.83. The first-order valence-corrected chi connectivity index (χ1v) is 4.64. The van der Waals surface area contributed by atoms with Gasteiger partial charge in [0.2, 0.25) is 0 Å². The molecule has 1 aromatic carbocycles. The average Bonchev–Trinajstić information content (AvgIpc) is 2.26. The van der Waals surface area contributed by atoms with E-state index in [1.807, 2.05) is 0 Å². The van der Waals surface area contributed by atoms with E-state index in [0.29, 0.717) is 5.56 Å². The van der Waals surface area contributed by atoms with Crippen LogP contribution in [-0.2, 0) is 0 Å². The van der Waals surface area contributed by atoms with Gasteiger partial charge in [-0.05, 0) is 17.2 Å². The van der Waals surface area contributed by atoms with E-state index in [1.54, 1.807) is 18.2 Å². The van der Waals surface area contributed by atoms with Crippen molar-refractivity contribution in [2.24, 2.45) is 5.11 Å². The largest absolute Gasteiger partial charge is 0.288 e. The molecule has 0 spiro atoms. The summed E-state index contributed by atoms with van der Waals surface area (Å²) in [5, 5.41) is 14.0. The minimum Gasteiger partial charge on any atom is -0.258 e. The van der Waals surface area contributed by atoms with Gasteiger partial charge in [-0.15, -0.1) is 0 Å². The highest BCUT2D eigenvalue weighted by Gasteiger charge is 2.11. The lowest BCUT2D eigenvalue weighted by atomic mass is 10.2. The Balaban J connectivity index is 2.90.